The Labute approximate surface area is 269 Å². The van der Waals surface area contributed by atoms with Gasteiger partial charge in [-0.15, -0.1) is 0 Å². The summed E-state index contributed by atoms with van der Waals surface area (Å²) in [5.41, 5.74) is 6.32. The first-order chi connectivity index (χ1) is 19.3. The van der Waals surface area contributed by atoms with E-state index < -0.39 is 23.8 Å². The molecule has 0 N–H and O–H groups in total. The number of aliphatic carboxylic acids is 2. The molecule has 43 heavy (non-hydrogen) atoms. The molecule has 0 radical (unpaired) electrons. The van der Waals surface area contributed by atoms with E-state index in [0.29, 0.717) is 35.5 Å². The maximum atomic E-state index is 11.3. The number of hydrogen-bond acceptors (Lipinski definition) is 6. The van der Waals surface area contributed by atoms with Gasteiger partial charge in [0.15, 0.2) is 0 Å². The van der Waals surface area contributed by atoms with Gasteiger partial charge in [0.2, 0.25) is 0 Å². The normalized spacial score (nSPS) is 22.8. The quantitative estimate of drug-likeness (QED) is 0.308. The summed E-state index contributed by atoms with van der Waals surface area (Å²) in [6.07, 6.45) is 1.21. The van der Waals surface area contributed by atoms with Crippen LogP contribution in [0, 0.1) is 11.8 Å². The van der Waals surface area contributed by atoms with Crippen molar-refractivity contribution < 1.29 is 48.9 Å². The molecule has 0 fully saturated rings. The molecule has 0 aromatic heterocycles. The predicted octanol–water partition coefficient (Wildman–Crippen LogP) is 4.63. The average Bonchev–Trinajstić information content (AvgIpc) is 3.14. The molecule has 0 bridgehead atoms. The van der Waals surface area contributed by atoms with Gasteiger partial charge in [0, 0.05) is 36.6 Å². The Kier molecular flexibility index (Phi) is 10.8. The summed E-state index contributed by atoms with van der Waals surface area (Å²) in [6.45, 7) is 22.2. The molecule has 0 spiro atoms. The molecule has 2 aliphatic rings. The second-order valence-electron chi connectivity index (χ2n) is 14.5. The molecule has 4 unspecified atom stereocenters. The summed E-state index contributed by atoms with van der Waals surface area (Å²) < 4.78 is 0. The minimum atomic E-state index is -1.19. The molecule has 228 valence electrons. The van der Waals surface area contributed by atoms with Crippen LogP contribution >= 0.6 is 0 Å². The van der Waals surface area contributed by atoms with Crippen molar-refractivity contribution in [2.24, 2.45) is 11.8 Å². The number of benzene rings is 2. The standard InChI is InChI=1S/2C18H24O3.Zn/c2*1-11-17(2,3)14-7-6-12(10-15(14)18(11,4)5)13(8-9-19)16(20)21;/h2*6-7,9-11,13H,8H2,1-5H3,(H,20,21);/q;;+2/p-2. The van der Waals surface area contributed by atoms with Crippen LogP contribution in [0.2, 0.25) is 0 Å². The molecule has 0 heterocycles. The minimum absolute atomic E-state index is 0. The molecule has 2 aromatic carbocycles. The van der Waals surface area contributed by atoms with Crippen molar-refractivity contribution in [3.63, 3.8) is 0 Å². The van der Waals surface area contributed by atoms with E-state index in [0.717, 1.165) is 0 Å². The first kappa shape index (κ1) is 36.5. The van der Waals surface area contributed by atoms with Gasteiger partial charge in [-0.1, -0.05) is 106 Å². The molecule has 0 aliphatic heterocycles. The summed E-state index contributed by atoms with van der Waals surface area (Å²) in [7, 11) is 0. The Morgan fingerprint density at radius 3 is 1.16 bits per heavy atom. The number of fused-ring (bicyclic) bond motifs is 2. The fraction of sp³-hybridized carbons (Fsp3) is 0.556. The Bertz CT molecular complexity index is 1280. The second kappa shape index (κ2) is 12.8. The van der Waals surface area contributed by atoms with Crippen molar-refractivity contribution in [1.82, 2.24) is 0 Å². The van der Waals surface area contributed by atoms with Gasteiger partial charge < -0.3 is 29.4 Å². The Hall–Kier alpha value is -2.66. The van der Waals surface area contributed by atoms with E-state index in [9.17, 15) is 29.4 Å². The van der Waals surface area contributed by atoms with Crippen LogP contribution < -0.4 is 10.2 Å². The molecule has 2 aromatic rings. The van der Waals surface area contributed by atoms with Crippen molar-refractivity contribution in [2.45, 2.75) is 116 Å². The largest absolute Gasteiger partial charge is 2.00 e. The van der Waals surface area contributed by atoms with E-state index in [1.54, 1.807) is 0 Å². The fourth-order valence-corrected chi connectivity index (χ4v) is 7.41. The van der Waals surface area contributed by atoms with Gasteiger partial charge in [-0.05, 0) is 66.9 Å². The number of carbonyl (C=O) groups excluding carboxylic acids is 4. The van der Waals surface area contributed by atoms with Crippen molar-refractivity contribution in [1.29, 1.82) is 0 Å². The summed E-state index contributed by atoms with van der Waals surface area (Å²) in [5.74, 6) is -3.20. The predicted molar refractivity (Wildman–Crippen MR) is 160 cm³/mol. The van der Waals surface area contributed by atoms with Crippen LogP contribution in [-0.4, -0.2) is 24.5 Å². The smallest absolute Gasteiger partial charge is 0.549 e. The Balaban J connectivity index is 0.000000293. The maximum Gasteiger partial charge on any atom is 2.00 e. The van der Waals surface area contributed by atoms with Crippen molar-refractivity contribution in [3.05, 3.63) is 69.8 Å². The molecule has 6 nitrogen and oxygen atoms in total. The molecule has 0 saturated heterocycles. The molecule has 4 rings (SSSR count). The molecule has 0 saturated carbocycles. The van der Waals surface area contributed by atoms with Gasteiger partial charge in [-0.25, -0.2) is 0 Å². The molecular formula is C36H46O6Zn. The summed E-state index contributed by atoms with van der Waals surface area (Å²) in [5, 5.41) is 22.5. The van der Waals surface area contributed by atoms with E-state index >= 15 is 0 Å². The first-order valence-electron chi connectivity index (χ1n) is 14.9. The van der Waals surface area contributed by atoms with E-state index in [-0.39, 0.29) is 54.0 Å². The SMILES string of the molecule is CC1C(C)(C)c2ccc(C(CC=O)C(=O)[O-])cc2C1(C)C.CC1C(C)(C)c2ccc(C(CC=O)C(=O)[O-])cc2C1(C)C.[Zn+2]. The first-order valence-corrected chi connectivity index (χ1v) is 14.9. The average molecular weight is 640 g/mol. The number of carbonyl (C=O) groups is 4. The number of carboxylic acid groups (broad SMARTS) is 2. The van der Waals surface area contributed by atoms with Gasteiger partial charge in [-0.3, -0.25) is 0 Å². The van der Waals surface area contributed by atoms with Crippen LogP contribution in [0.4, 0.5) is 0 Å². The van der Waals surface area contributed by atoms with E-state index in [1.165, 1.54) is 22.3 Å². The zero-order valence-corrected chi connectivity index (χ0v) is 30.5. The summed E-state index contributed by atoms with van der Waals surface area (Å²) in [6, 6.07) is 11.6. The third-order valence-corrected chi connectivity index (χ3v) is 11.2. The monoisotopic (exact) mass is 638 g/mol. The van der Waals surface area contributed by atoms with Gasteiger partial charge >= 0.3 is 19.5 Å². The molecular weight excluding hydrogens is 594 g/mol. The third kappa shape index (κ3) is 6.30. The van der Waals surface area contributed by atoms with E-state index in [4.69, 9.17) is 0 Å². The Morgan fingerprint density at radius 2 is 0.907 bits per heavy atom. The van der Waals surface area contributed by atoms with E-state index in [1.807, 2.05) is 36.4 Å². The Morgan fingerprint density at radius 1 is 0.628 bits per heavy atom. The van der Waals surface area contributed by atoms with Gasteiger partial charge in [0.05, 0.1) is 0 Å². The summed E-state index contributed by atoms with van der Waals surface area (Å²) in [4.78, 5) is 44.0. The number of rotatable bonds is 8. The zero-order chi connectivity index (χ0) is 32.0. The van der Waals surface area contributed by atoms with Crippen LogP contribution in [0.1, 0.15) is 127 Å². The van der Waals surface area contributed by atoms with Crippen LogP contribution in [0.5, 0.6) is 0 Å². The van der Waals surface area contributed by atoms with Gasteiger partial charge in [0.25, 0.3) is 0 Å². The minimum Gasteiger partial charge on any atom is -0.549 e. The van der Waals surface area contributed by atoms with Crippen LogP contribution in [0.25, 0.3) is 0 Å². The van der Waals surface area contributed by atoms with Crippen LogP contribution in [0.15, 0.2) is 36.4 Å². The number of aldehydes is 2. The maximum absolute atomic E-state index is 11.3. The molecule has 7 heteroatoms. The van der Waals surface area contributed by atoms with Crippen LogP contribution in [0.3, 0.4) is 0 Å². The summed E-state index contributed by atoms with van der Waals surface area (Å²) >= 11 is 0. The molecule has 2 aliphatic carbocycles. The third-order valence-electron chi connectivity index (χ3n) is 11.2. The van der Waals surface area contributed by atoms with Crippen LogP contribution in [-0.2, 0) is 60.3 Å². The van der Waals surface area contributed by atoms with Crippen molar-refractivity contribution in [3.8, 4) is 0 Å². The van der Waals surface area contributed by atoms with Crippen molar-refractivity contribution >= 4 is 24.5 Å². The van der Waals surface area contributed by atoms with Crippen molar-refractivity contribution in [2.75, 3.05) is 0 Å². The number of hydrogen-bond donors (Lipinski definition) is 0. The topological polar surface area (TPSA) is 114 Å². The van der Waals surface area contributed by atoms with E-state index in [2.05, 4.69) is 69.2 Å². The van der Waals surface area contributed by atoms with Gasteiger partial charge in [0.1, 0.15) is 12.6 Å². The molecule has 0 amide bonds. The molecule has 4 atom stereocenters. The zero-order valence-electron chi connectivity index (χ0n) is 27.5. The number of carboxylic acids is 2. The second-order valence-corrected chi connectivity index (χ2v) is 14.5. The van der Waals surface area contributed by atoms with Gasteiger partial charge in [-0.2, -0.15) is 0 Å². The fourth-order valence-electron chi connectivity index (χ4n) is 7.41.